The molecule has 0 spiro atoms. The van der Waals surface area contributed by atoms with Crippen molar-refractivity contribution < 1.29 is 32.2 Å². The number of nitrogens with zero attached hydrogens (tertiary/aromatic N) is 3. The normalized spacial score (nSPS) is 14.0. The number of carbonyl (C=O) groups excluding carboxylic acids is 2. The van der Waals surface area contributed by atoms with Crippen LogP contribution in [0.2, 0.25) is 0 Å². The van der Waals surface area contributed by atoms with Crippen molar-refractivity contribution in [2.45, 2.75) is 13.1 Å². The first-order valence-corrected chi connectivity index (χ1v) is 10.8. The summed E-state index contributed by atoms with van der Waals surface area (Å²) in [6.45, 7) is 3.63. The van der Waals surface area contributed by atoms with Crippen molar-refractivity contribution in [2.75, 3.05) is 38.7 Å². The number of methoxy groups -OCH3 is 1. The minimum Gasteiger partial charge on any atom is -0.493 e. The summed E-state index contributed by atoms with van der Waals surface area (Å²) in [5, 5.41) is 6.88. The van der Waals surface area contributed by atoms with Gasteiger partial charge < -0.3 is 19.7 Å². The van der Waals surface area contributed by atoms with Crippen molar-refractivity contribution in [3.05, 3.63) is 71.0 Å². The van der Waals surface area contributed by atoms with Crippen LogP contribution in [0.4, 0.5) is 18.9 Å². The number of rotatable bonds is 5. The summed E-state index contributed by atoms with van der Waals surface area (Å²) >= 11 is 0. The number of hydrogen-bond acceptors (Lipinski definition) is 5. The minimum absolute atomic E-state index is 0.0816. The second kappa shape index (κ2) is 9.79. The summed E-state index contributed by atoms with van der Waals surface area (Å²) in [7, 11) is 1.33. The van der Waals surface area contributed by atoms with E-state index in [1.165, 1.54) is 25.4 Å². The van der Waals surface area contributed by atoms with Gasteiger partial charge in [0.15, 0.2) is 11.4 Å². The van der Waals surface area contributed by atoms with Crippen molar-refractivity contribution in [1.82, 2.24) is 14.7 Å². The molecule has 1 aromatic heterocycles. The molecule has 1 aliphatic heterocycles. The molecule has 1 saturated heterocycles. The second-order valence-corrected chi connectivity index (χ2v) is 7.88. The average Bonchev–Trinajstić information content (AvgIpc) is 3.30. The van der Waals surface area contributed by atoms with E-state index in [2.05, 4.69) is 10.4 Å². The highest BCUT2D eigenvalue weighted by molar-refractivity contribution is 6.06. The van der Waals surface area contributed by atoms with Gasteiger partial charge in [0, 0.05) is 24.3 Å². The molecule has 0 bridgehead atoms. The van der Waals surface area contributed by atoms with Crippen LogP contribution in [0.15, 0.2) is 48.7 Å². The maximum atomic E-state index is 13.1. The van der Waals surface area contributed by atoms with Gasteiger partial charge in [-0.25, -0.2) is 4.68 Å². The van der Waals surface area contributed by atoms with Gasteiger partial charge in [0.05, 0.1) is 37.8 Å². The van der Waals surface area contributed by atoms with Gasteiger partial charge in [-0.05, 0) is 42.8 Å². The Labute approximate surface area is 199 Å². The molecule has 0 aliphatic carbocycles. The summed E-state index contributed by atoms with van der Waals surface area (Å²) in [6, 6.07) is 9.57. The number of morpholine rings is 1. The van der Waals surface area contributed by atoms with Crippen LogP contribution in [0.1, 0.15) is 32.0 Å². The Hall–Kier alpha value is -3.86. The lowest BCUT2D eigenvalue weighted by atomic mass is 10.0. The van der Waals surface area contributed by atoms with Gasteiger partial charge >= 0.3 is 6.18 Å². The Balaban J connectivity index is 1.59. The van der Waals surface area contributed by atoms with E-state index >= 15 is 0 Å². The lowest BCUT2D eigenvalue weighted by Crippen LogP contribution is -2.41. The van der Waals surface area contributed by atoms with E-state index in [0.29, 0.717) is 43.1 Å². The largest absolute Gasteiger partial charge is 0.493 e. The predicted octanol–water partition coefficient (Wildman–Crippen LogP) is 3.93. The van der Waals surface area contributed by atoms with E-state index < -0.39 is 17.6 Å². The van der Waals surface area contributed by atoms with Gasteiger partial charge in [-0.2, -0.15) is 18.3 Å². The number of aromatic nitrogens is 2. The fourth-order valence-corrected chi connectivity index (χ4v) is 3.74. The van der Waals surface area contributed by atoms with Crippen LogP contribution in [0.5, 0.6) is 5.75 Å². The summed E-state index contributed by atoms with van der Waals surface area (Å²) in [6.07, 6.45) is -3.19. The van der Waals surface area contributed by atoms with Crippen LogP contribution in [0.3, 0.4) is 0 Å². The van der Waals surface area contributed by atoms with Gasteiger partial charge in [-0.15, -0.1) is 0 Å². The van der Waals surface area contributed by atoms with Gasteiger partial charge in [0.2, 0.25) is 0 Å². The first kappa shape index (κ1) is 24.3. The molecule has 0 unspecified atom stereocenters. The molecule has 0 radical (unpaired) electrons. The number of alkyl halides is 3. The lowest BCUT2D eigenvalue weighted by molar-refractivity contribution is -0.137. The molecule has 8 nitrogen and oxygen atoms in total. The number of hydrogen-bond donors (Lipinski definition) is 1. The molecule has 0 saturated carbocycles. The molecule has 1 N–H and O–H groups in total. The fourth-order valence-electron chi connectivity index (χ4n) is 3.74. The molecule has 2 heterocycles. The fraction of sp³-hybridized carbons (Fsp3) is 0.292. The topological polar surface area (TPSA) is 85.7 Å². The van der Waals surface area contributed by atoms with Crippen molar-refractivity contribution in [2.24, 2.45) is 0 Å². The van der Waals surface area contributed by atoms with Gasteiger partial charge in [0.1, 0.15) is 0 Å². The molecule has 35 heavy (non-hydrogen) atoms. The van der Waals surface area contributed by atoms with Gasteiger partial charge in [-0.3, -0.25) is 9.59 Å². The number of amides is 2. The molecular weight excluding hydrogens is 465 g/mol. The Morgan fingerprint density at radius 2 is 1.83 bits per heavy atom. The molecule has 2 amide bonds. The number of nitrogens with one attached hydrogen (secondary N) is 1. The monoisotopic (exact) mass is 488 g/mol. The number of halogens is 3. The summed E-state index contributed by atoms with van der Waals surface area (Å²) in [5.74, 6) is -0.710. The maximum Gasteiger partial charge on any atom is 0.416 e. The second-order valence-electron chi connectivity index (χ2n) is 7.88. The van der Waals surface area contributed by atoms with Crippen molar-refractivity contribution in [3.63, 3.8) is 0 Å². The number of benzene rings is 2. The standard InChI is InChI=1S/C24H23F3N4O4/c1-15-18(23(33)30-9-11-35-12-10-30)7-4-8-19(15)28-22(32)21-20(34-2)14-31(29-21)17-6-3-5-16(13-17)24(25,26)27/h3-8,13-14H,9-12H2,1-2H3,(H,28,32). The molecule has 1 fully saturated rings. The SMILES string of the molecule is COc1cn(-c2cccc(C(F)(F)F)c2)nc1C(=O)Nc1cccc(C(=O)N2CCOCC2)c1C. The predicted molar refractivity (Wildman–Crippen MR) is 121 cm³/mol. The van der Waals surface area contributed by atoms with Crippen LogP contribution >= 0.6 is 0 Å². The number of ether oxygens (including phenoxy) is 2. The summed E-state index contributed by atoms with van der Waals surface area (Å²) in [4.78, 5) is 27.7. The highest BCUT2D eigenvalue weighted by Gasteiger charge is 2.31. The Bertz CT molecular complexity index is 1250. The zero-order valence-corrected chi connectivity index (χ0v) is 19.1. The highest BCUT2D eigenvalue weighted by atomic mass is 19.4. The first-order valence-electron chi connectivity index (χ1n) is 10.8. The van der Waals surface area contributed by atoms with E-state index in [1.54, 1.807) is 30.0 Å². The van der Waals surface area contributed by atoms with E-state index in [1.807, 2.05) is 0 Å². The minimum atomic E-state index is -4.52. The third-order valence-corrected chi connectivity index (χ3v) is 5.66. The molecule has 4 rings (SSSR count). The molecule has 2 aromatic carbocycles. The third-order valence-electron chi connectivity index (χ3n) is 5.66. The Morgan fingerprint density at radius 1 is 1.11 bits per heavy atom. The Morgan fingerprint density at radius 3 is 2.51 bits per heavy atom. The van der Waals surface area contributed by atoms with E-state index in [-0.39, 0.29) is 23.0 Å². The van der Waals surface area contributed by atoms with Crippen LogP contribution in [-0.2, 0) is 10.9 Å². The highest BCUT2D eigenvalue weighted by Crippen LogP contribution is 2.31. The van der Waals surface area contributed by atoms with E-state index in [4.69, 9.17) is 9.47 Å². The van der Waals surface area contributed by atoms with E-state index in [0.717, 1.165) is 16.8 Å². The van der Waals surface area contributed by atoms with Crippen LogP contribution in [0, 0.1) is 6.92 Å². The van der Waals surface area contributed by atoms with Crippen molar-refractivity contribution in [1.29, 1.82) is 0 Å². The zero-order valence-electron chi connectivity index (χ0n) is 19.1. The molecule has 184 valence electrons. The van der Waals surface area contributed by atoms with Crippen LogP contribution in [0.25, 0.3) is 5.69 Å². The van der Waals surface area contributed by atoms with Crippen LogP contribution in [-0.4, -0.2) is 59.9 Å². The number of anilines is 1. The first-order chi connectivity index (χ1) is 16.7. The van der Waals surface area contributed by atoms with Crippen molar-refractivity contribution in [3.8, 4) is 11.4 Å². The molecular formula is C24H23F3N4O4. The van der Waals surface area contributed by atoms with E-state index in [9.17, 15) is 22.8 Å². The lowest BCUT2D eigenvalue weighted by Gasteiger charge is -2.27. The molecule has 0 atom stereocenters. The van der Waals surface area contributed by atoms with Gasteiger partial charge in [-0.1, -0.05) is 12.1 Å². The van der Waals surface area contributed by atoms with Gasteiger partial charge in [0.25, 0.3) is 11.8 Å². The average molecular weight is 488 g/mol. The maximum absolute atomic E-state index is 13.1. The molecule has 1 aliphatic rings. The Kier molecular flexibility index (Phi) is 6.79. The number of carbonyl (C=O) groups is 2. The summed E-state index contributed by atoms with van der Waals surface area (Å²) < 4.78 is 51.0. The molecule has 3 aromatic rings. The zero-order chi connectivity index (χ0) is 25.2. The molecule has 11 heteroatoms. The quantitative estimate of drug-likeness (QED) is 0.588. The summed E-state index contributed by atoms with van der Waals surface area (Å²) in [5.41, 5.74) is 0.595. The van der Waals surface area contributed by atoms with Crippen molar-refractivity contribution >= 4 is 17.5 Å². The van der Waals surface area contributed by atoms with Crippen LogP contribution < -0.4 is 10.1 Å². The smallest absolute Gasteiger partial charge is 0.416 e. The third kappa shape index (κ3) is 5.14.